The van der Waals surface area contributed by atoms with Crippen molar-refractivity contribution in [1.82, 2.24) is 4.90 Å². The van der Waals surface area contributed by atoms with Crippen LogP contribution in [0.2, 0.25) is 0 Å². The number of hydrogen-bond acceptors (Lipinski definition) is 7. The number of para-hydroxylation sites is 1. The number of alkyl halides is 3. The van der Waals surface area contributed by atoms with Crippen molar-refractivity contribution in [2.24, 2.45) is 5.92 Å². The molecule has 0 amide bonds. The molecule has 36 heavy (non-hydrogen) atoms. The number of aromatic hydroxyl groups is 1. The average Bonchev–Trinajstić information content (AvgIpc) is 2.85. The molecule has 10 heteroatoms. The van der Waals surface area contributed by atoms with Gasteiger partial charge >= 0.3 is 12.1 Å². The van der Waals surface area contributed by atoms with Crippen LogP contribution in [0.5, 0.6) is 11.5 Å². The number of hydrogen-bond donors (Lipinski definition) is 1. The summed E-state index contributed by atoms with van der Waals surface area (Å²) in [5.74, 6) is -2.16. The Morgan fingerprint density at radius 2 is 1.86 bits per heavy atom. The topological polar surface area (TPSA) is 89.2 Å². The monoisotopic (exact) mass is 505 g/mol. The molecule has 2 aromatic carbocycles. The summed E-state index contributed by atoms with van der Waals surface area (Å²) in [5, 5.41) is 10.5. The summed E-state index contributed by atoms with van der Waals surface area (Å²) in [6, 6.07) is 8.44. The molecule has 1 aromatic heterocycles. The number of carbonyl (C=O) groups excluding carboxylic acids is 1. The highest BCUT2D eigenvalue weighted by molar-refractivity contribution is 5.88. The maximum Gasteiger partial charge on any atom is 0.450 e. The minimum Gasteiger partial charge on any atom is -0.507 e. The second-order valence-electron chi connectivity index (χ2n) is 8.58. The number of benzene rings is 2. The molecule has 0 spiro atoms. The fourth-order valence-electron chi connectivity index (χ4n) is 4.56. The number of fused-ring (bicyclic) bond motifs is 1. The van der Waals surface area contributed by atoms with E-state index in [1.54, 1.807) is 13.0 Å². The molecule has 1 saturated heterocycles. The summed E-state index contributed by atoms with van der Waals surface area (Å²) >= 11 is 0. The number of nitrogens with zero attached hydrogens (tertiary/aromatic N) is 1. The highest BCUT2D eigenvalue weighted by atomic mass is 19.4. The highest BCUT2D eigenvalue weighted by Gasteiger charge is 2.40. The molecule has 3 aromatic rings. The normalized spacial score (nSPS) is 15.2. The van der Waals surface area contributed by atoms with E-state index in [1.165, 1.54) is 37.4 Å². The highest BCUT2D eigenvalue weighted by Crippen LogP contribution is 2.41. The van der Waals surface area contributed by atoms with Crippen molar-refractivity contribution in [3.63, 3.8) is 0 Å². The SMILES string of the molecule is CCOC(=O)C1CCN(Cc2c(O)ccc3c(=O)c(-c4ccccc4OC)c(C(F)(F)F)oc23)CC1. The summed E-state index contributed by atoms with van der Waals surface area (Å²) in [7, 11) is 1.30. The molecule has 0 atom stereocenters. The largest absolute Gasteiger partial charge is 0.507 e. The number of carbonyl (C=O) groups is 1. The first-order valence-corrected chi connectivity index (χ1v) is 11.6. The van der Waals surface area contributed by atoms with Crippen LogP contribution in [-0.4, -0.2) is 42.8 Å². The molecule has 0 unspecified atom stereocenters. The van der Waals surface area contributed by atoms with Gasteiger partial charge < -0.3 is 19.0 Å². The van der Waals surface area contributed by atoms with Gasteiger partial charge in [-0.25, -0.2) is 0 Å². The minimum absolute atomic E-state index is 0.0429. The Hall–Kier alpha value is -3.53. The Morgan fingerprint density at radius 1 is 1.17 bits per heavy atom. The third kappa shape index (κ3) is 4.90. The Kier molecular flexibility index (Phi) is 7.26. The van der Waals surface area contributed by atoms with Crippen molar-refractivity contribution in [3.8, 4) is 22.6 Å². The summed E-state index contributed by atoms with van der Waals surface area (Å²) in [5.41, 5.74) is -1.82. The second kappa shape index (κ2) is 10.2. The molecule has 0 bridgehead atoms. The standard InChI is InChI=1S/C26H26F3NO6/c1-3-35-25(33)15-10-12-30(13-11-15)14-18-19(31)9-8-17-22(32)21(16-6-4-5-7-20(16)34-2)24(26(27,28)29)36-23(17)18/h4-9,15,31H,3,10-14H2,1-2H3. The Morgan fingerprint density at radius 3 is 2.50 bits per heavy atom. The predicted octanol–water partition coefficient (Wildman–Crippen LogP) is 4.97. The third-order valence-electron chi connectivity index (χ3n) is 6.36. The van der Waals surface area contributed by atoms with Crippen LogP contribution < -0.4 is 10.2 Å². The van der Waals surface area contributed by atoms with Crippen molar-refractivity contribution in [3.05, 3.63) is 57.9 Å². The number of piperidine rings is 1. The fraction of sp³-hybridized carbons (Fsp3) is 0.385. The first kappa shape index (κ1) is 25.6. The zero-order chi connectivity index (χ0) is 26.0. The maximum absolute atomic E-state index is 14.2. The number of phenolic OH excluding ortho intramolecular Hbond substituents is 1. The van der Waals surface area contributed by atoms with Gasteiger partial charge in [-0.3, -0.25) is 14.5 Å². The van der Waals surface area contributed by atoms with Crippen molar-refractivity contribution in [2.45, 2.75) is 32.5 Å². The molecule has 0 aliphatic carbocycles. The molecule has 4 rings (SSSR count). The van der Waals surface area contributed by atoms with Crippen LogP contribution in [0.25, 0.3) is 22.1 Å². The van der Waals surface area contributed by atoms with Crippen LogP contribution >= 0.6 is 0 Å². The number of rotatable bonds is 6. The first-order valence-electron chi connectivity index (χ1n) is 11.6. The van der Waals surface area contributed by atoms with E-state index in [1.807, 2.05) is 4.90 Å². The van der Waals surface area contributed by atoms with Gasteiger partial charge in [0.25, 0.3) is 0 Å². The number of likely N-dealkylation sites (tertiary alicyclic amines) is 1. The third-order valence-corrected chi connectivity index (χ3v) is 6.36. The van der Waals surface area contributed by atoms with Crippen molar-refractivity contribution in [1.29, 1.82) is 0 Å². The van der Waals surface area contributed by atoms with Crippen LogP contribution in [0.15, 0.2) is 45.6 Å². The van der Waals surface area contributed by atoms with E-state index in [0.717, 1.165) is 0 Å². The van der Waals surface area contributed by atoms with Gasteiger partial charge in [0.2, 0.25) is 11.2 Å². The van der Waals surface area contributed by atoms with Gasteiger partial charge in [-0.2, -0.15) is 13.2 Å². The smallest absolute Gasteiger partial charge is 0.450 e. The number of methoxy groups -OCH3 is 1. The summed E-state index contributed by atoms with van der Waals surface area (Å²) in [6.07, 6.45) is -3.95. The zero-order valence-electron chi connectivity index (χ0n) is 19.9. The van der Waals surface area contributed by atoms with Crippen LogP contribution in [0.4, 0.5) is 13.2 Å². The van der Waals surface area contributed by atoms with Gasteiger partial charge in [0.1, 0.15) is 17.1 Å². The van der Waals surface area contributed by atoms with Crippen LogP contribution in [0.1, 0.15) is 31.1 Å². The lowest BCUT2D eigenvalue weighted by Gasteiger charge is -2.31. The first-order chi connectivity index (χ1) is 17.2. The lowest BCUT2D eigenvalue weighted by molar-refractivity contribution is -0.152. The van der Waals surface area contributed by atoms with E-state index in [0.29, 0.717) is 32.5 Å². The van der Waals surface area contributed by atoms with Crippen molar-refractivity contribution < 1.29 is 37.0 Å². The fourth-order valence-corrected chi connectivity index (χ4v) is 4.56. The van der Waals surface area contributed by atoms with E-state index in [4.69, 9.17) is 13.9 Å². The van der Waals surface area contributed by atoms with Gasteiger partial charge in [0.15, 0.2) is 0 Å². The Labute approximate surface area is 205 Å². The molecular weight excluding hydrogens is 479 g/mol. The number of esters is 1. The summed E-state index contributed by atoms with van der Waals surface area (Å²) in [4.78, 5) is 27.3. The van der Waals surface area contributed by atoms with Gasteiger partial charge in [-0.15, -0.1) is 0 Å². The van der Waals surface area contributed by atoms with E-state index >= 15 is 0 Å². The maximum atomic E-state index is 14.2. The molecule has 1 N–H and O–H groups in total. The van der Waals surface area contributed by atoms with Gasteiger partial charge in [0, 0.05) is 12.1 Å². The van der Waals surface area contributed by atoms with Gasteiger partial charge in [-0.1, -0.05) is 18.2 Å². The number of halogens is 3. The average molecular weight is 505 g/mol. The van der Waals surface area contributed by atoms with Gasteiger partial charge in [-0.05, 0) is 51.1 Å². The molecule has 0 radical (unpaired) electrons. The Bertz CT molecular complexity index is 1330. The zero-order valence-corrected chi connectivity index (χ0v) is 19.9. The number of phenols is 1. The predicted molar refractivity (Wildman–Crippen MR) is 126 cm³/mol. The molecule has 1 aliphatic heterocycles. The summed E-state index contributed by atoms with van der Waals surface area (Å²) in [6.45, 7) is 3.01. The number of ether oxygens (including phenoxy) is 2. The molecule has 1 fully saturated rings. The van der Waals surface area contributed by atoms with Crippen LogP contribution in [0.3, 0.4) is 0 Å². The quantitative estimate of drug-likeness (QED) is 0.473. The van der Waals surface area contributed by atoms with Gasteiger partial charge in [0.05, 0.1) is 36.1 Å². The summed E-state index contributed by atoms with van der Waals surface area (Å²) < 4.78 is 58.1. The molecule has 1 aliphatic rings. The lowest BCUT2D eigenvalue weighted by atomic mass is 9.96. The van der Waals surface area contributed by atoms with Crippen molar-refractivity contribution in [2.75, 3.05) is 26.8 Å². The van der Waals surface area contributed by atoms with Crippen molar-refractivity contribution >= 4 is 16.9 Å². The van der Waals surface area contributed by atoms with Crippen LogP contribution in [0, 0.1) is 5.92 Å². The van der Waals surface area contributed by atoms with E-state index in [-0.39, 0.29) is 52.0 Å². The molecule has 2 heterocycles. The van der Waals surface area contributed by atoms with E-state index in [9.17, 15) is 27.9 Å². The van der Waals surface area contributed by atoms with Crippen LogP contribution in [-0.2, 0) is 22.3 Å². The minimum atomic E-state index is -4.98. The van der Waals surface area contributed by atoms with E-state index < -0.39 is 22.9 Å². The molecule has 7 nitrogen and oxygen atoms in total. The molecule has 0 saturated carbocycles. The molecular formula is C26H26F3NO6. The Balaban J connectivity index is 1.79. The van der Waals surface area contributed by atoms with E-state index in [2.05, 4.69) is 0 Å². The second-order valence-corrected chi connectivity index (χ2v) is 8.58. The lowest BCUT2D eigenvalue weighted by Crippen LogP contribution is -2.36. The molecule has 192 valence electrons.